The Hall–Kier alpha value is -3.17. The summed E-state index contributed by atoms with van der Waals surface area (Å²) in [4.78, 5) is 25.6. The lowest BCUT2D eigenvalue weighted by molar-refractivity contribution is 0.207. The van der Waals surface area contributed by atoms with Gasteiger partial charge in [-0.2, -0.15) is 10.2 Å². The van der Waals surface area contributed by atoms with E-state index < -0.39 is 0 Å². The number of carbonyl (C=O) groups is 1. The first-order valence-corrected chi connectivity index (χ1v) is 10.1. The van der Waals surface area contributed by atoms with Crippen molar-refractivity contribution in [2.75, 3.05) is 36.4 Å². The third-order valence-electron chi connectivity index (χ3n) is 5.97. The van der Waals surface area contributed by atoms with Crippen molar-refractivity contribution in [3.63, 3.8) is 0 Å². The molecule has 1 aliphatic heterocycles. The Bertz CT molecular complexity index is 1030. The Balaban J connectivity index is 1.24. The summed E-state index contributed by atoms with van der Waals surface area (Å²) < 4.78 is 3.68. The normalized spacial score (nSPS) is 18.3. The van der Waals surface area contributed by atoms with Gasteiger partial charge in [-0.25, -0.2) is 19.4 Å². The van der Waals surface area contributed by atoms with E-state index in [0.29, 0.717) is 38.1 Å². The molecule has 1 saturated heterocycles. The minimum absolute atomic E-state index is 0.0800. The van der Waals surface area contributed by atoms with E-state index in [-0.39, 0.29) is 6.03 Å². The molecule has 1 unspecified atom stereocenters. The molecule has 1 aliphatic carbocycles. The van der Waals surface area contributed by atoms with Gasteiger partial charge in [-0.15, -0.1) is 0 Å². The van der Waals surface area contributed by atoms with Gasteiger partial charge in [-0.05, 0) is 25.7 Å². The standard InChI is InChI=1S/C19H25N9O/c1-13(14-3-4-14)28-16(5-6-22-28)24-19(29)27-9-7-26(8-10-27)18-15-11-23-25(2)17(15)20-12-21-18/h5-6,11-14H,3-4,7-10H2,1-2H3,(H,24,29). The van der Waals surface area contributed by atoms with Gasteiger partial charge in [-0.1, -0.05) is 0 Å². The minimum atomic E-state index is -0.0800. The van der Waals surface area contributed by atoms with E-state index in [4.69, 9.17) is 0 Å². The van der Waals surface area contributed by atoms with Gasteiger partial charge in [-0.3, -0.25) is 10.00 Å². The average molecular weight is 395 g/mol. The number of anilines is 2. The van der Waals surface area contributed by atoms with E-state index in [1.807, 2.05) is 22.7 Å². The van der Waals surface area contributed by atoms with E-state index >= 15 is 0 Å². The molecule has 3 aromatic rings. The van der Waals surface area contributed by atoms with E-state index in [9.17, 15) is 4.79 Å². The summed E-state index contributed by atoms with van der Waals surface area (Å²) in [6, 6.07) is 2.10. The Morgan fingerprint density at radius 2 is 1.97 bits per heavy atom. The zero-order valence-corrected chi connectivity index (χ0v) is 16.7. The number of hydrogen-bond donors (Lipinski definition) is 1. The summed E-state index contributed by atoms with van der Waals surface area (Å²) in [7, 11) is 1.87. The van der Waals surface area contributed by atoms with Crippen LogP contribution in [0.25, 0.3) is 11.0 Å². The maximum atomic E-state index is 12.8. The lowest BCUT2D eigenvalue weighted by Crippen LogP contribution is -2.50. The molecule has 10 nitrogen and oxygen atoms in total. The van der Waals surface area contributed by atoms with E-state index in [1.54, 1.807) is 23.4 Å². The molecule has 2 fully saturated rings. The predicted octanol–water partition coefficient (Wildman–Crippen LogP) is 1.88. The first kappa shape index (κ1) is 17.9. The number of fused-ring (bicyclic) bond motifs is 1. The van der Waals surface area contributed by atoms with Crippen LogP contribution in [-0.2, 0) is 7.05 Å². The Kier molecular flexibility index (Phi) is 4.33. The van der Waals surface area contributed by atoms with Gasteiger partial charge in [0.05, 0.1) is 23.8 Å². The summed E-state index contributed by atoms with van der Waals surface area (Å²) in [6.07, 6.45) is 7.60. The van der Waals surface area contributed by atoms with Crippen LogP contribution in [0.5, 0.6) is 0 Å². The van der Waals surface area contributed by atoms with Crippen molar-refractivity contribution in [3.8, 4) is 0 Å². The van der Waals surface area contributed by atoms with Crippen LogP contribution in [0.2, 0.25) is 0 Å². The van der Waals surface area contributed by atoms with Crippen LogP contribution in [0, 0.1) is 5.92 Å². The summed E-state index contributed by atoms with van der Waals surface area (Å²) in [5.74, 6) is 2.32. The first-order valence-electron chi connectivity index (χ1n) is 10.1. The number of hydrogen-bond acceptors (Lipinski definition) is 6. The molecule has 0 spiro atoms. The number of urea groups is 1. The van der Waals surface area contributed by atoms with Gasteiger partial charge in [0.1, 0.15) is 18.0 Å². The average Bonchev–Trinajstić information content (AvgIpc) is 3.39. The number of carbonyl (C=O) groups excluding carboxylic acids is 1. The minimum Gasteiger partial charge on any atom is -0.352 e. The molecule has 3 aromatic heterocycles. The molecular weight excluding hydrogens is 370 g/mol. The van der Waals surface area contributed by atoms with Crippen molar-refractivity contribution in [2.45, 2.75) is 25.8 Å². The lowest BCUT2D eigenvalue weighted by atomic mass is 10.2. The number of aromatic nitrogens is 6. The summed E-state index contributed by atoms with van der Waals surface area (Å²) in [5, 5.41) is 12.7. The van der Waals surface area contributed by atoms with Crippen molar-refractivity contribution in [2.24, 2.45) is 13.0 Å². The molecule has 5 rings (SSSR count). The highest BCUT2D eigenvalue weighted by Gasteiger charge is 2.31. The van der Waals surface area contributed by atoms with Gasteiger partial charge >= 0.3 is 6.03 Å². The first-order chi connectivity index (χ1) is 14.1. The lowest BCUT2D eigenvalue weighted by Gasteiger charge is -2.35. The van der Waals surface area contributed by atoms with Gasteiger partial charge in [0.2, 0.25) is 0 Å². The summed E-state index contributed by atoms with van der Waals surface area (Å²) in [6.45, 7) is 4.85. The van der Waals surface area contributed by atoms with Gasteiger partial charge in [0, 0.05) is 39.3 Å². The van der Waals surface area contributed by atoms with E-state index in [1.165, 1.54) is 12.8 Å². The topological polar surface area (TPSA) is 97.0 Å². The van der Waals surface area contributed by atoms with Crippen LogP contribution < -0.4 is 10.2 Å². The molecule has 1 N–H and O–H groups in total. The molecular formula is C19H25N9O. The largest absolute Gasteiger partial charge is 0.352 e. The molecule has 0 radical (unpaired) electrons. The van der Waals surface area contributed by atoms with Gasteiger partial charge < -0.3 is 9.80 Å². The number of amides is 2. The number of rotatable bonds is 4. The Morgan fingerprint density at radius 1 is 1.17 bits per heavy atom. The zero-order valence-electron chi connectivity index (χ0n) is 16.7. The van der Waals surface area contributed by atoms with Crippen molar-refractivity contribution in [3.05, 3.63) is 24.8 Å². The predicted molar refractivity (Wildman–Crippen MR) is 109 cm³/mol. The monoisotopic (exact) mass is 395 g/mol. The number of aryl methyl sites for hydroxylation is 1. The van der Waals surface area contributed by atoms with Gasteiger partial charge in [0.25, 0.3) is 0 Å². The second-order valence-corrected chi connectivity index (χ2v) is 7.85. The van der Waals surface area contributed by atoms with Crippen LogP contribution in [0.1, 0.15) is 25.8 Å². The fraction of sp³-hybridized carbons (Fsp3) is 0.526. The molecule has 2 amide bonds. The Labute approximate surface area is 168 Å². The van der Waals surface area contributed by atoms with Crippen molar-refractivity contribution in [1.82, 2.24) is 34.4 Å². The third kappa shape index (κ3) is 3.28. The highest BCUT2D eigenvalue weighted by atomic mass is 16.2. The maximum absolute atomic E-state index is 12.8. The van der Waals surface area contributed by atoms with Crippen molar-refractivity contribution in [1.29, 1.82) is 0 Å². The summed E-state index contributed by atoms with van der Waals surface area (Å²) >= 11 is 0. The SMILES string of the molecule is CC(C1CC1)n1nccc1NC(=O)N1CCN(c2ncnc3c2cnn3C)CC1. The number of nitrogens with one attached hydrogen (secondary N) is 1. The van der Waals surface area contributed by atoms with Crippen molar-refractivity contribution < 1.29 is 4.79 Å². The molecule has 10 heteroatoms. The van der Waals surface area contributed by atoms with Gasteiger partial charge in [0.15, 0.2) is 5.65 Å². The second kappa shape index (κ2) is 7.02. The maximum Gasteiger partial charge on any atom is 0.323 e. The molecule has 29 heavy (non-hydrogen) atoms. The van der Waals surface area contributed by atoms with Crippen LogP contribution in [0.3, 0.4) is 0 Å². The fourth-order valence-electron chi connectivity index (χ4n) is 4.03. The summed E-state index contributed by atoms with van der Waals surface area (Å²) in [5.41, 5.74) is 0.813. The molecule has 1 atom stereocenters. The van der Waals surface area contributed by atoms with Crippen LogP contribution in [0.4, 0.5) is 16.4 Å². The zero-order chi connectivity index (χ0) is 20.0. The third-order valence-corrected chi connectivity index (χ3v) is 5.97. The molecule has 0 bridgehead atoms. The smallest absolute Gasteiger partial charge is 0.323 e. The van der Waals surface area contributed by atoms with Crippen molar-refractivity contribution >= 4 is 28.7 Å². The number of piperazine rings is 1. The molecule has 2 aliphatic rings. The highest BCUT2D eigenvalue weighted by Crippen LogP contribution is 2.40. The quantitative estimate of drug-likeness (QED) is 0.725. The molecule has 152 valence electrons. The molecule has 0 aromatic carbocycles. The van der Waals surface area contributed by atoms with E-state index in [0.717, 1.165) is 22.7 Å². The fourth-order valence-corrected chi connectivity index (χ4v) is 4.03. The number of nitrogens with zero attached hydrogens (tertiary/aromatic N) is 8. The van der Waals surface area contributed by atoms with Crippen LogP contribution in [0.15, 0.2) is 24.8 Å². The van der Waals surface area contributed by atoms with E-state index in [2.05, 4.69) is 37.3 Å². The highest BCUT2D eigenvalue weighted by molar-refractivity contribution is 5.89. The molecule has 1 saturated carbocycles. The molecule has 4 heterocycles. The second-order valence-electron chi connectivity index (χ2n) is 7.85. The van der Waals surface area contributed by atoms with Crippen LogP contribution >= 0.6 is 0 Å². The van der Waals surface area contributed by atoms with Crippen LogP contribution in [-0.4, -0.2) is 66.6 Å². The Morgan fingerprint density at radius 3 is 2.72 bits per heavy atom.